The van der Waals surface area contributed by atoms with E-state index >= 15 is 0 Å². The molecule has 0 N–H and O–H groups in total. The molecule has 1 heterocycles. The first kappa shape index (κ1) is 12.3. The number of rotatable bonds is 3. The van der Waals surface area contributed by atoms with Crippen LogP contribution in [0.15, 0.2) is 36.7 Å². The molecule has 0 aliphatic rings. The Kier molecular flexibility index (Phi) is 3.75. The minimum Gasteiger partial charge on any atom is -0.453 e. The van der Waals surface area contributed by atoms with Gasteiger partial charge in [-0.3, -0.25) is 4.98 Å². The molecule has 0 unspecified atom stereocenters. The van der Waals surface area contributed by atoms with Crippen LogP contribution in [0, 0.1) is 17.1 Å². The van der Waals surface area contributed by atoms with Gasteiger partial charge in [0.1, 0.15) is 5.75 Å². The van der Waals surface area contributed by atoms with Gasteiger partial charge in [0.25, 0.3) is 0 Å². The molecule has 3 nitrogen and oxygen atoms in total. The zero-order valence-corrected chi connectivity index (χ0v) is 9.99. The second kappa shape index (κ2) is 5.48. The summed E-state index contributed by atoms with van der Waals surface area (Å²) in [5, 5.41) is 8.63. The number of alkyl halides is 1. The number of hydrogen-bond donors (Lipinski definition) is 0. The van der Waals surface area contributed by atoms with Gasteiger partial charge >= 0.3 is 0 Å². The van der Waals surface area contributed by atoms with Gasteiger partial charge in [-0.15, -0.1) is 11.6 Å². The van der Waals surface area contributed by atoms with Gasteiger partial charge < -0.3 is 4.74 Å². The first-order valence-electron chi connectivity index (χ1n) is 5.10. The molecular weight excluding hydrogens is 255 g/mol. The van der Waals surface area contributed by atoms with E-state index < -0.39 is 5.82 Å². The molecule has 0 saturated carbocycles. The third kappa shape index (κ3) is 2.76. The van der Waals surface area contributed by atoms with Crippen molar-refractivity contribution in [1.82, 2.24) is 4.98 Å². The summed E-state index contributed by atoms with van der Waals surface area (Å²) in [4.78, 5) is 3.93. The van der Waals surface area contributed by atoms with E-state index in [-0.39, 0.29) is 11.3 Å². The largest absolute Gasteiger partial charge is 0.453 e. The Morgan fingerprint density at radius 2 is 2.17 bits per heavy atom. The van der Waals surface area contributed by atoms with E-state index in [1.54, 1.807) is 12.3 Å². The average molecular weight is 263 g/mol. The summed E-state index contributed by atoms with van der Waals surface area (Å²) in [6.45, 7) is 0. The van der Waals surface area contributed by atoms with Crippen LogP contribution in [0.4, 0.5) is 4.39 Å². The number of ether oxygens (including phenoxy) is 1. The highest BCUT2D eigenvalue weighted by molar-refractivity contribution is 6.17. The maximum absolute atomic E-state index is 13.6. The highest BCUT2D eigenvalue weighted by atomic mass is 35.5. The third-order valence-corrected chi connectivity index (χ3v) is 2.52. The summed E-state index contributed by atoms with van der Waals surface area (Å²) in [5.74, 6) is 0.157. The van der Waals surface area contributed by atoms with E-state index in [4.69, 9.17) is 21.6 Å². The molecule has 0 spiro atoms. The normalized spacial score (nSPS) is 9.83. The summed E-state index contributed by atoms with van der Waals surface area (Å²) in [5.41, 5.74) is 1.02. The topological polar surface area (TPSA) is 45.9 Å². The van der Waals surface area contributed by atoms with Gasteiger partial charge in [0.2, 0.25) is 0 Å². The fourth-order valence-corrected chi connectivity index (χ4v) is 1.52. The summed E-state index contributed by atoms with van der Waals surface area (Å²) < 4.78 is 18.9. The molecule has 2 rings (SSSR count). The van der Waals surface area contributed by atoms with E-state index in [2.05, 4.69) is 4.98 Å². The quantitative estimate of drug-likeness (QED) is 0.794. The molecule has 0 fully saturated rings. The second-order valence-electron chi connectivity index (χ2n) is 3.52. The highest BCUT2D eigenvalue weighted by Gasteiger charge is 2.06. The van der Waals surface area contributed by atoms with Crippen LogP contribution in [0.2, 0.25) is 0 Å². The lowest BCUT2D eigenvalue weighted by Gasteiger charge is -2.07. The van der Waals surface area contributed by atoms with E-state index in [1.165, 1.54) is 18.3 Å². The Labute approximate surface area is 108 Å². The first-order chi connectivity index (χ1) is 8.72. The van der Waals surface area contributed by atoms with Crippen LogP contribution in [0.5, 0.6) is 11.5 Å². The fraction of sp³-hybridized carbons (Fsp3) is 0.0769. The Balaban J connectivity index is 2.26. The fourth-order valence-electron chi connectivity index (χ4n) is 1.37. The van der Waals surface area contributed by atoms with Gasteiger partial charge in [-0.1, -0.05) is 0 Å². The summed E-state index contributed by atoms with van der Waals surface area (Å²) in [6, 6.07) is 7.54. The predicted octanol–water partition coefficient (Wildman–Crippen LogP) is 3.62. The molecule has 0 atom stereocenters. The molecule has 0 aliphatic heterocycles. The van der Waals surface area contributed by atoms with Crippen LogP contribution in [0.3, 0.4) is 0 Å². The van der Waals surface area contributed by atoms with Crippen LogP contribution < -0.4 is 4.74 Å². The minimum atomic E-state index is -0.592. The zero-order valence-electron chi connectivity index (χ0n) is 9.23. The number of hydrogen-bond acceptors (Lipinski definition) is 3. The van der Waals surface area contributed by atoms with Gasteiger partial charge in [-0.2, -0.15) is 5.26 Å². The molecule has 1 aromatic carbocycles. The molecule has 18 heavy (non-hydrogen) atoms. The molecular formula is C13H8ClFN2O. The van der Waals surface area contributed by atoms with Crippen molar-refractivity contribution >= 4 is 11.6 Å². The van der Waals surface area contributed by atoms with Gasteiger partial charge in [-0.05, 0) is 29.8 Å². The molecule has 90 valence electrons. The van der Waals surface area contributed by atoms with Crippen molar-refractivity contribution in [2.24, 2.45) is 0 Å². The van der Waals surface area contributed by atoms with Crippen molar-refractivity contribution in [2.75, 3.05) is 0 Å². The predicted molar refractivity (Wildman–Crippen MR) is 65.0 cm³/mol. The molecule has 2 aromatic rings. The lowest BCUT2D eigenvalue weighted by atomic mass is 10.2. The van der Waals surface area contributed by atoms with E-state index in [0.717, 1.165) is 11.6 Å². The van der Waals surface area contributed by atoms with Crippen molar-refractivity contribution in [3.8, 4) is 17.6 Å². The van der Waals surface area contributed by atoms with Gasteiger partial charge in [0.15, 0.2) is 11.6 Å². The Morgan fingerprint density at radius 3 is 2.83 bits per heavy atom. The van der Waals surface area contributed by atoms with Crippen LogP contribution in [0.1, 0.15) is 11.1 Å². The van der Waals surface area contributed by atoms with E-state index in [0.29, 0.717) is 11.6 Å². The number of aromatic nitrogens is 1. The molecule has 0 bridgehead atoms. The van der Waals surface area contributed by atoms with E-state index in [9.17, 15) is 4.39 Å². The highest BCUT2D eigenvalue weighted by Crippen LogP contribution is 2.25. The minimum absolute atomic E-state index is 0.0440. The number of halogens is 2. The summed E-state index contributed by atoms with van der Waals surface area (Å²) in [6.07, 6.45) is 3.07. The van der Waals surface area contributed by atoms with Crippen molar-refractivity contribution in [3.05, 3.63) is 53.6 Å². The SMILES string of the molecule is N#Cc1ccc(Oc2cncc(CCl)c2)c(F)c1. The molecule has 0 amide bonds. The number of benzene rings is 1. The third-order valence-electron chi connectivity index (χ3n) is 2.21. The first-order valence-corrected chi connectivity index (χ1v) is 5.64. The second-order valence-corrected chi connectivity index (χ2v) is 3.79. The lowest BCUT2D eigenvalue weighted by Crippen LogP contribution is -1.91. The maximum Gasteiger partial charge on any atom is 0.167 e. The lowest BCUT2D eigenvalue weighted by molar-refractivity contribution is 0.440. The van der Waals surface area contributed by atoms with Crippen molar-refractivity contribution in [2.45, 2.75) is 5.88 Å². The molecule has 5 heteroatoms. The Hall–Kier alpha value is -2.12. The number of nitriles is 1. The van der Waals surface area contributed by atoms with Crippen molar-refractivity contribution in [1.29, 1.82) is 5.26 Å². The van der Waals surface area contributed by atoms with Crippen LogP contribution in [-0.4, -0.2) is 4.98 Å². The summed E-state index contributed by atoms with van der Waals surface area (Å²) >= 11 is 5.67. The average Bonchev–Trinajstić information content (AvgIpc) is 2.41. The van der Waals surface area contributed by atoms with Gasteiger partial charge in [-0.25, -0.2) is 4.39 Å². The van der Waals surface area contributed by atoms with Crippen LogP contribution >= 0.6 is 11.6 Å². The maximum atomic E-state index is 13.6. The van der Waals surface area contributed by atoms with Gasteiger partial charge in [0.05, 0.1) is 17.8 Å². The molecule has 1 aromatic heterocycles. The van der Waals surface area contributed by atoms with Crippen molar-refractivity contribution in [3.63, 3.8) is 0 Å². The Morgan fingerprint density at radius 1 is 1.33 bits per heavy atom. The van der Waals surface area contributed by atoms with Gasteiger partial charge in [0, 0.05) is 12.1 Å². The molecule has 0 saturated heterocycles. The van der Waals surface area contributed by atoms with Crippen LogP contribution in [-0.2, 0) is 5.88 Å². The summed E-state index contributed by atoms with van der Waals surface area (Å²) in [7, 11) is 0. The van der Waals surface area contributed by atoms with Crippen molar-refractivity contribution < 1.29 is 9.13 Å². The standard InChI is InChI=1S/C13H8ClFN2O/c14-5-10-3-11(8-17-7-10)18-13-2-1-9(6-16)4-12(13)15/h1-4,7-8H,5H2. The van der Waals surface area contributed by atoms with Crippen LogP contribution in [0.25, 0.3) is 0 Å². The zero-order chi connectivity index (χ0) is 13.0. The monoisotopic (exact) mass is 262 g/mol. The van der Waals surface area contributed by atoms with E-state index in [1.807, 2.05) is 6.07 Å². The molecule has 0 radical (unpaired) electrons. The smallest absolute Gasteiger partial charge is 0.167 e. The number of nitrogens with zero attached hydrogens (tertiary/aromatic N) is 2. The Bertz CT molecular complexity index is 610. The molecule has 0 aliphatic carbocycles. The number of pyridine rings is 1.